The van der Waals surface area contributed by atoms with E-state index in [2.05, 4.69) is 0 Å². The van der Waals surface area contributed by atoms with Crippen molar-refractivity contribution in [1.29, 1.82) is 0 Å². The van der Waals surface area contributed by atoms with Crippen molar-refractivity contribution in [3.05, 3.63) is 47.7 Å². The number of carbonyl (C=O) groups is 2. The van der Waals surface area contributed by atoms with Crippen LogP contribution in [0.2, 0.25) is 0 Å². The van der Waals surface area contributed by atoms with E-state index in [-0.39, 0.29) is 47.7 Å². The number of ether oxygens (including phenoxy) is 1. The van der Waals surface area contributed by atoms with Gasteiger partial charge in [0.25, 0.3) is 5.91 Å². The Labute approximate surface area is 180 Å². The maximum atomic E-state index is 13.0. The van der Waals surface area contributed by atoms with Crippen LogP contribution in [-0.2, 0) is 15.7 Å². The molecule has 31 heavy (non-hydrogen) atoms. The second-order valence-electron chi connectivity index (χ2n) is 7.12. The smallest absolute Gasteiger partial charge is 0.416 e. The molecule has 3 heterocycles. The first kappa shape index (κ1) is 21.3. The van der Waals surface area contributed by atoms with Crippen LogP contribution < -0.4 is 0 Å². The Hall–Kier alpha value is -2.98. The summed E-state index contributed by atoms with van der Waals surface area (Å²) in [6.45, 7) is 0.293. The van der Waals surface area contributed by atoms with E-state index in [4.69, 9.17) is 21.4 Å². The van der Waals surface area contributed by atoms with E-state index in [1.807, 2.05) is 0 Å². The minimum atomic E-state index is -4.47. The lowest BCUT2D eigenvalue weighted by Gasteiger charge is -2.15. The van der Waals surface area contributed by atoms with Crippen LogP contribution in [0.3, 0.4) is 0 Å². The summed E-state index contributed by atoms with van der Waals surface area (Å²) in [5.41, 5.74) is 0.660. The number of hydrogen-bond donors (Lipinski definition) is 0. The molecule has 1 amide bonds. The van der Waals surface area contributed by atoms with Gasteiger partial charge in [-0.05, 0) is 30.8 Å². The predicted molar refractivity (Wildman–Crippen MR) is 110 cm³/mol. The van der Waals surface area contributed by atoms with Gasteiger partial charge in [0.15, 0.2) is 16.5 Å². The Morgan fingerprint density at radius 1 is 1.23 bits per heavy atom. The molecule has 0 saturated carbocycles. The molecular weight excluding hydrogens is 433 g/mol. The molecule has 162 valence electrons. The highest BCUT2D eigenvalue weighted by Crippen LogP contribution is 2.36. The standard InChI is InChI=1S/C21H17F3N2O4S/c1-29-11-14(27)6-3-7-25-19(28)16-10-18-15(26(16)20(25)31)9-17(30-18)12-4-2-5-13(8-12)21(22,23)24/h2,4-5,8-10H,3,6-7,11H2,1H3. The molecule has 0 atom stereocenters. The minimum absolute atomic E-state index is 0.0202. The number of benzene rings is 1. The Balaban J connectivity index is 1.59. The van der Waals surface area contributed by atoms with E-state index in [1.165, 1.54) is 30.2 Å². The van der Waals surface area contributed by atoms with E-state index >= 15 is 0 Å². The van der Waals surface area contributed by atoms with Gasteiger partial charge in [0.2, 0.25) is 0 Å². The summed E-state index contributed by atoms with van der Waals surface area (Å²) >= 11 is 5.45. The molecule has 1 aliphatic heterocycles. The fraction of sp³-hybridized carbons (Fsp3) is 0.286. The molecular formula is C21H17F3N2O4S. The number of fused-ring (bicyclic) bond motifs is 3. The van der Waals surface area contributed by atoms with Crippen LogP contribution in [0.5, 0.6) is 0 Å². The molecule has 0 radical (unpaired) electrons. The SMILES string of the molecule is COCC(=O)CCCN1C(=O)c2cc3oc(-c4cccc(C(F)(F)F)c4)cc3n2C1=S. The quantitative estimate of drug-likeness (QED) is 0.496. The number of furan rings is 1. The van der Waals surface area contributed by atoms with Crippen molar-refractivity contribution in [1.82, 2.24) is 9.47 Å². The molecule has 0 spiro atoms. The summed E-state index contributed by atoms with van der Waals surface area (Å²) < 4.78 is 51.1. The number of methoxy groups -OCH3 is 1. The van der Waals surface area contributed by atoms with E-state index in [0.29, 0.717) is 23.2 Å². The first-order valence-corrected chi connectivity index (χ1v) is 9.81. The Kier molecular flexibility index (Phi) is 5.44. The molecule has 1 aliphatic rings. The zero-order chi connectivity index (χ0) is 22.3. The highest BCUT2D eigenvalue weighted by molar-refractivity contribution is 7.80. The molecule has 6 nitrogen and oxygen atoms in total. The first-order chi connectivity index (χ1) is 14.7. The van der Waals surface area contributed by atoms with Gasteiger partial charge in [0.05, 0.1) is 11.1 Å². The van der Waals surface area contributed by atoms with Gasteiger partial charge in [0, 0.05) is 37.8 Å². The van der Waals surface area contributed by atoms with Crippen molar-refractivity contribution in [2.24, 2.45) is 0 Å². The lowest BCUT2D eigenvalue weighted by molar-refractivity contribution is -0.137. The number of amides is 1. The van der Waals surface area contributed by atoms with Gasteiger partial charge >= 0.3 is 6.18 Å². The Morgan fingerprint density at radius 3 is 2.71 bits per heavy atom. The lowest BCUT2D eigenvalue weighted by Crippen LogP contribution is -2.32. The molecule has 0 fully saturated rings. The third-order valence-corrected chi connectivity index (χ3v) is 5.40. The van der Waals surface area contributed by atoms with Crippen LogP contribution in [0.1, 0.15) is 28.9 Å². The van der Waals surface area contributed by atoms with Crippen molar-refractivity contribution in [2.75, 3.05) is 20.3 Å². The topological polar surface area (TPSA) is 64.7 Å². The van der Waals surface area contributed by atoms with Crippen molar-refractivity contribution < 1.29 is 31.9 Å². The summed E-state index contributed by atoms with van der Waals surface area (Å²) in [6.07, 6.45) is -3.77. The molecule has 0 bridgehead atoms. The van der Waals surface area contributed by atoms with Gasteiger partial charge in [-0.1, -0.05) is 12.1 Å². The van der Waals surface area contributed by atoms with Gasteiger partial charge in [-0.25, -0.2) is 0 Å². The highest BCUT2D eigenvalue weighted by Gasteiger charge is 2.35. The van der Waals surface area contributed by atoms with Gasteiger partial charge in [0.1, 0.15) is 18.1 Å². The molecule has 0 aliphatic carbocycles. The largest absolute Gasteiger partial charge is 0.454 e. The molecule has 3 aromatic rings. The number of Topliss-reactive ketones (excluding diaryl/α,β-unsaturated/α-hetero) is 1. The zero-order valence-corrected chi connectivity index (χ0v) is 17.2. The van der Waals surface area contributed by atoms with E-state index < -0.39 is 11.7 Å². The molecule has 2 aromatic heterocycles. The normalized spacial score (nSPS) is 14.0. The number of rotatable bonds is 7. The van der Waals surface area contributed by atoms with Gasteiger partial charge in [-0.3, -0.25) is 19.1 Å². The Morgan fingerprint density at radius 2 is 2.00 bits per heavy atom. The number of carbonyl (C=O) groups excluding carboxylic acids is 2. The number of thiocarbonyl (C=S) groups is 1. The average Bonchev–Trinajstić information content (AvgIpc) is 3.33. The second kappa shape index (κ2) is 7.93. The number of hydrogen-bond acceptors (Lipinski definition) is 5. The van der Waals surface area contributed by atoms with E-state index in [9.17, 15) is 22.8 Å². The van der Waals surface area contributed by atoms with E-state index in [1.54, 1.807) is 10.6 Å². The number of halogens is 3. The van der Waals surface area contributed by atoms with Crippen molar-refractivity contribution in [3.8, 4) is 11.3 Å². The number of alkyl halides is 3. The number of ketones is 1. The average molecular weight is 450 g/mol. The molecule has 0 N–H and O–H groups in total. The monoisotopic (exact) mass is 450 g/mol. The Bertz CT molecular complexity index is 1200. The summed E-state index contributed by atoms with van der Waals surface area (Å²) in [6, 6.07) is 7.92. The van der Waals surface area contributed by atoms with Crippen molar-refractivity contribution in [3.63, 3.8) is 0 Å². The first-order valence-electron chi connectivity index (χ1n) is 9.40. The highest BCUT2D eigenvalue weighted by atomic mass is 32.1. The van der Waals surface area contributed by atoms with Crippen LogP contribution in [0.25, 0.3) is 22.4 Å². The van der Waals surface area contributed by atoms with Crippen LogP contribution in [0.4, 0.5) is 13.2 Å². The van der Waals surface area contributed by atoms with Gasteiger partial charge in [-0.2, -0.15) is 13.2 Å². The van der Waals surface area contributed by atoms with Crippen LogP contribution >= 0.6 is 12.2 Å². The minimum Gasteiger partial charge on any atom is -0.454 e. The summed E-state index contributed by atoms with van der Waals surface area (Å²) in [7, 11) is 1.44. The maximum absolute atomic E-state index is 13.0. The van der Waals surface area contributed by atoms with Crippen molar-refractivity contribution in [2.45, 2.75) is 19.0 Å². The number of nitrogens with zero attached hydrogens (tertiary/aromatic N) is 2. The van der Waals surface area contributed by atoms with Gasteiger partial charge < -0.3 is 9.15 Å². The molecule has 0 saturated heterocycles. The predicted octanol–water partition coefficient (Wildman–Crippen LogP) is 4.50. The summed E-state index contributed by atoms with van der Waals surface area (Å²) in [5, 5.41) is 0.241. The molecule has 10 heteroatoms. The third-order valence-electron chi connectivity index (χ3n) is 4.99. The van der Waals surface area contributed by atoms with Crippen LogP contribution in [-0.4, -0.2) is 46.5 Å². The van der Waals surface area contributed by atoms with Crippen LogP contribution in [0, 0.1) is 0 Å². The van der Waals surface area contributed by atoms with Crippen molar-refractivity contribution >= 4 is 40.1 Å². The van der Waals surface area contributed by atoms with E-state index in [0.717, 1.165) is 12.1 Å². The fourth-order valence-corrected chi connectivity index (χ4v) is 3.93. The molecule has 4 rings (SSSR count). The number of aromatic nitrogens is 1. The maximum Gasteiger partial charge on any atom is 0.416 e. The fourth-order valence-electron chi connectivity index (χ4n) is 3.56. The molecule has 1 aromatic carbocycles. The lowest BCUT2D eigenvalue weighted by atomic mass is 10.1. The van der Waals surface area contributed by atoms with Crippen LogP contribution in [0.15, 0.2) is 40.8 Å². The summed E-state index contributed by atoms with van der Waals surface area (Å²) in [5.74, 6) is -0.135. The zero-order valence-electron chi connectivity index (χ0n) is 16.4. The molecule has 0 unspecified atom stereocenters. The second-order valence-corrected chi connectivity index (χ2v) is 7.48. The third kappa shape index (κ3) is 3.88. The van der Waals surface area contributed by atoms with Gasteiger partial charge in [-0.15, -0.1) is 0 Å². The summed E-state index contributed by atoms with van der Waals surface area (Å²) in [4.78, 5) is 25.7.